The van der Waals surface area contributed by atoms with Gasteiger partial charge in [0.2, 0.25) is 0 Å². The third-order valence-electron chi connectivity index (χ3n) is 2.58. The van der Waals surface area contributed by atoms with Crippen molar-refractivity contribution in [2.24, 2.45) is 0 Å². The normalized spacial score (nSPS) is 10.3. The zero-order chi connectivity index (χ0) is 14.0. The lowest BCUT2D eigenvalue weighted by Crippen LogP contribution is -2.13. The third-order valence-corrected chi connectivity index (χ3v) is 3.34. The van der Waals surface area contributed by atoms with Crippen molar-refractivity contribution in [3.63, 3.8) is 0 Å². The van der Waals surface area contributed by atoms with Crippen LogP contribution >= 0.6 is 27.5 Å². The molecule has 0 bridgehead atoms. The Labute approximate surface area is 124 Å². The molecule has 1 aromatic carbocycles. The molecule has 0 saturated carbocycles. The predicted molar refractivity (Wildman–Crippen MR) is 82.2 cm³/mol. The summed E-state index contributed by atoms with van der Waals surface area (Å²) in [6.07, 6.45) is 1.71. The van der Waals surface area contributed by atoms with Gasteiger partial charge in [-0.15, -0.1) is 0 Å². The van der Waals surface area contributed by atoms with E-state index in [1.54, 1.807) is 18.3 Å². The van der Waals surface area contributed by atoms with Gasteiger partial charge in [-0.05, 0) is 40.2 Å². The number of halogens is 2. The molecule has 2 rings (SSSR count). The van der Waals surface area contributed by atoms with Crippen LogP contribution in [-0.2, 0) is 0 Å². The highest BCUT2D eigenvalue weighted by Gasteiger charge is 2.10. The van der Waals surface area contributed by atoms with Crippen LogP contribution in [0.1, 0.15) is 10.5 Å². The van der Waals surface area contributed by atoms with Gasteiger partial charge < -0.3 is 15.2 Å². The Morgan fingerprint density at radius 3 is 2.63 bits per heavy atom. The molecule has 0 aliphatic rings. The van der Waals surface area contributed by atoms with Gasteiger partial charge in [-0.2, -0.15) is 0 Å². The maximum absolute atomic E-state index is 11.9. The summed E-state index contributed by atoms with van der Waals surface area (Å²) in [4.78, 5) is 16.7. The molecule has 0 fully saturated rings. The summed E-state index contributed by atoms with van der Waals surface area (Å²) in [7, 11) is 3.83. The van der Waals surface area contributed by atoms with Crippen molar-refractivity contribution in [3.05, 3.63) is 45.7 Å². The SMILES string of the molecule is CN(C)c1ccc(NC(=O)c2cc(Br)c[nH]2)cc1Cl. The molecule has 0 unspecified atom stereocenters. The first-order valence-electron chi connectivity index (χ1n) is 5.59. The predicted octanol–water partition coefficient (Wildman–Crippen LogP) is 3.75. The number of nitrogens with zero attached hydrogens (tertiary/aromatic N) is 1. The van der Waals surface area contributed by atoms with Gasteiger partial charge >= 0.3 is 0 Å². The lowest BCUT2D eigenvalue weighted by atomic mass is 10.2. The average Bonchev–Trinajstić information content (AvgIpc) is 2.75. The van der Waals surface area contributed by atoms with Gasteiger partial charge in [0.25, 0.3) is 5.91 Å². The first-order chi connectivity index (χ1) is 8.97. The standard InChI is InChI=1S/C13H13BrClN3O/c1-18(2)12-4-3-9(6-10(12)15)17-13(19)11-5-8(14)7-16-11/h3-7,16H,1-2H3,(H,17,19). The molecule has 2 aromatic rings. The Kier molecular flexibility index (Phi) is 4.17. The zero-order valence-electron chi connectivity index (χ0n) is 10.5. The minimum Gasteiger partial charge on any atom is -0.376 e. The zero-order valence-corrected chi connectivity index (χ0v) is 12.8. The fourth-order valence-corrected chi connectivity index (χ4v) is 2.34. The Bertz CT molecular complexity index is 610. The summed E-state index contributed by atoms with van der Waals surface area (Å²) in [5, 5.41) is 3.38. The van der Waals surface area contributed by atoms with Crippen molar-refractivity contribution >= 4 is 44.8 Å². The fourth-order valence-electron chi connectivity index (χ4n) is 1.64. The number of carbonyl (C=O) groups is 1. The number of aromatic nitrogens is 1. The summed E-state index contributed by atoms with van der Waals surface area (Å²) in [6, 6.07) is 7.12. The monoisotopic (exact) mass is 341 g/mol. The molecular weight excluding hydrogens is 330 g/mol. The molecule has 0 spiro atoms. The minimum atomic E-state index is -0.209. The molecule has 100 valence electrons. The number of rotatable bonds is 3. The van der Waals surface area contributed by atoms with E-state index in [2.05, 4.69) is 26.2 Å². The van der Waals surface area contributed by atoms with Crippen LogP contribution in [0.5, 0.6) is 0 Å². The van der Waals surface area contributed by atoms with Crippen molar-refractivity contribution in [2.45, 2.75) is 0 Å². The van der Waals surface area contributed by atoms with Crippen LogP contribution in [0, 0.1) is 0 Å². The van der Waals surface area contributed by atoms with Gasteiger partial charge in [-0.3, -0.25) is 4.79 Å². The molecule has 19 heavy (non-hydrogen) atoms. The Morgan fingerprint density at radius 1 is 1.37 bits per heavy atom. The molecule has 4 nitrogen and oxygen atoms in total. The maximum Gasteiger partial charge on any atom is 0.272 e. The van der Waals surface area contributed by atoms with Gasteiger partial charge in [0.05, 0.1) is 10.7 Å². The molecule has 0 aliphatic carbocycles. The molecule has 2 N–H and O–H groups in total. The van der Waals surface area contributed by atoms with Crippen molar-refractivity contribution < 1.29 is 4.79 Å². The number of carbonyl (C=O) groups excluding carboxylic acids is 1. The minimum absolute atomic E-state index is 0.209. The summed E-state index contributed by atoms with van der Waals surface area (Å²) in [5.74, 6) is -0.209. The van der Waals surface area contributed by atoms with E-state index in [1.165, 1.54) is 0 Å². The lowest BCUT2D eigenvalue weighted by Gasteiger charge is -2.15. The highest BCUT2D eigenvalue weighted by Crippen LogP contribution is 2.27. The Hall–Kier alpha value is -1.46. The third kappa shape index (κ3) is 3.30. The van der Waals surface area contributed by atoms with Gasteiger partial charge in [0.1, 0.15) is 5.69 Å². The number of hydrogen-bond acceptors (Lipinski definition) is 2. The number of amides is 1. The number of benzene rings is 1. The molecule has 1 aromatic heterocycles. The van der Waals surface area contributed by atoms with Gasteiger partial charge in [-0.1, -0.05) is 11.6 Å². The topological polar surface area (TPSA) is 48.1 Å². The fraction of sp³-hybridized carbons (Fsp3) is 0.154. The van der Waals surface area contributed by atoms with Crippen molar-refractivity contribution in [2.75, 3.05) is 24.3 Å². The van der Waals surface area contributed by atoms with Gasteiger partial charge in [0.15, 0.2) is 0 Å². The summed E-state index contributed by atoms with van der Waals surface area (Å²) < 4.78 is 0.832. The van der Waals surface area contributed by atoms with Crippen LogP contribution in [0.3, 0.4) is 0 Å². The summed E-state index contributed by atoms with van der Waals surface area (Å²) >= 11 is 9.43. The number of aromatic amines is 1. The van der Waals surface area contributed by atoms with Gasteiger partial charge in [-0.25, -0.2) is 0 Å². The molecule has 0 aliphatic heterocycles. The molecule has 0 saturated heterocycles. The first-order valence-corrected chi connectivity index (χ1v) is 6.76. The quantitative estimate of drug-likeness (QED) is 0.892. The second-order valence-corrected chi connectivity index (χ2v) is 5.57. The van der Waals surface area contributed by atoms with E-state index in [4.69, 9.17) is 11.6 Å². The molecule has 1 amide bonds. The average molecular weight is 343 g/mol. The van der Waals surface area contributed by atoms with E-state index in [0.29, 0.717) is 16.4 Å². The van der Waals surface area contributed by atoms with Crippen LogP contribution in [0.15, 0.2) is 34.9 Å². The number of anilines is 2. The van der Waals surface area contributed by atoms with E-state index in [0.717, 1.165) is 10.2 Å². The second kappa shape index (κ2) is 5.67. The molecule has 0 radical (unpaired) electrons. The molecular formula is C13H13BrClN3O. The smallest absolute Gasteiger partial charge is 0.272 e. The van der Waals surface area contributed by atoms with Crippen LogP contribution in [0.2, 0.25) is 5.02 Å². The number of hydrogen-bond donors (Lipinski definition) is 2. The van der Waals surface area contributed by atoms with E-state index in [9.17, 15) is 4.79 Å². The highest BCUT2D eigenvalue weighted by molar-refractivity contribution is 9.10. The van der Waals surface area contributed by atoms with Crippen molar-refractivity contribution in [1.29, 1.82) is 0 Å². The first kappa shape index (κ1) is 14.0. The van der Waals surface area contributed by atoms with E-state index >= 15 is 0 Å². The van der Waals surface area contributed by atoms with E-state index in [1.807, 2.05) is 31.1 Å². The van der Waals surface area contributed by atoms with E-state index in [-0.39, 0.29) is 5.91 Å². The maximum atomic E-state index is 11.9. The second-order valence-electron chi connectivity index (χ2n) is 4.25. The van der Waals surface area contributed by atoms with Crippen LogP contribution < -0.4 is 10.2 Å². The van der Waals surface area contributed by atoms with E-state index < -0.39 is 0 Å². The van der Waals surface area contributed by atoms with Crippen LogP contribution in [0.4, 0.5) is 11.4 Å². The number of H-pyrrole nitrogens is 1. The Balaban J connectivity index is 2.16. The largest absolute Gasteiger partial charge is 0.376 e. The highest BCUT2D eigenvalue weighted by atomic mass is 79.9. The van der Waals surface area contributed by atoms with Crippen LogP contribution in [-0.4, -0.2) is 25.0 Å². The molecule has 1 heterocycles. The van der Waals surface area contributed by atoms with Gasteiger partial charge in [0, 0.05) is 30.5 Å². The van der Waals surface area contributed by atoms with Crippen LogP contribution in [0.25, 0.3) is 0 Å². The molecule has 0 atom stereocenters. The van der Waals surface area contributed by atoms with Crippen molar-refractivity contribution in [1.82, 2.24) is 4.98 Å². The summed E-state index contributed by atoms with van der Waals surface area (Å²) in [5.41, 5.74) is 2.05. The van der Waals surface area contributed by atoms with Crippen molar-refractivity contribution in [3.8, 4) is 0 Å². The Morgan fingerprint density at radius 2 is 2.11 bits per heavy atom. The lowest BCUT2D eigenvalue weighted by molar-refractivity contribution is 0.102. The summed E-state index contributed by atoms with van der Waals surface area (Å²) in [6.45, 7) is 0. The number of nitrogens with one attached hydrogen (secondary N) is 2. The molecule has 6 heteroatoms.